The third-order valence-electron chi connectivity index (χ3n) is 3.76. The molecule has 0 radical (unpaired) electrons. The van der Waals surface area contributed by atoms with Crippen molar-refractivity contribution in [3.63, 3.8) is 0 Å². The van der Waals surface area contributed by atoms with Crippen LogP contribution in [0.25, 0.3) is 0 Å². The Kier molecular flexibility index (Phi) is 3.47. The van der Waals surface area contributed by atoms with E-state index >= 15 is 0 Å². The van der Waals surface area contributed by atoms with Crippen LogP contribution in [0.5, 0.6) is 0 Å². The summed E-state index contributed by atoms with van der Waals surface area (Å²) < 4.78 is 0. The highest BCUT2D eigenvalue weighted by Gasteiger charge is 2.37. The Morgan fingerprint density at radius 3 is 2.56 bits per heavy atom. The average Bonchev–Trinajstić information content (AvgIpc) is 2.69. The van der Waals surface area contributed by atoms with Crippen molar-refractivity contribution in [2.45, 2.75) is 31.8 Å². The maximum atomic E-state index is 12.2. The summed E-state index contributed by atoms with van der Waals surface area (Å²) in [6.07, 6.45) is 1.94. The van der Waals surface area contributed by atoms with Gasteiger partial charge in [0.25, 0.3) is 0 Å². The van der Waals surface area contributed by atoms with Gasteiger partial charge < -0.3 is 20.0 Å². The first kappa shape index (κ1) is 13.1. The Bertz CT molecular complexity index is 356. The minimum absolute atomic E-state index is 0.140. The number of rotatable bonds is 1. The predicted octanol–water partition coefficient (Wildman–Crippen LogP) is 0.360. The van der Waals surface area contributed by atoms with Crippen LogP contribution >= 0.6 is 0 Å². The van der Waals surface area contributed by atoms with Crippen molar-refractivity contribution in [2.75, 3.05) is 26.2 Å². The zero-order valence-electron chi connectivity index (χ0n) is 10.6. The molecule has 2 heterocycles. The summed E-state index contributed by atoms with van der Waals surface area (Å²) in [4.78, 5) is 26.4. The second-order valence-electron chi connectivity index (χ2n) is 5.57. The number of likely N-dealkylation sites (tertiary alicyclic amines) is 2. The summed E-state index contributed by atoms with van der Waals surface area (Å²) in [6, 6.07) is -0.140. The van der Waals surface area contributed by atoms with Crippen molar-refractivity contribution >= 4 is 12.0 Å². The Labute approximate surface area is 106 Å². The molecule has 2 aliphatic heterocycles. The topological polar surface area (TPSA) is 81.1 Å². The Morgan fingerprint density at radius 1 is 1.28 bits per heavy atom. The summed E-state index contributed by atoms with van der Waals surface area (Å²) in [7, 11) is 0. The number of carbonyl (C=O) groups excluding carboxylic acids is 1. The second kappa shape index (κ2) is 4.76. The highest BCUT2D eigenvalue weighted by Crippen LogP contribution is 2.24. The molecule has 2 saturated heterocycles. The van der Waals surface area contributed by atoms with Gasteiger partial charge in [0, 0.05) is 19.6 Å². The smallest absolute Gasteiger partial charge is 0.320 e. The fourth-order valence-electron chi connectivity index (χ4n) is 2.66. The van der Waals surface area contributed by atoms with E-state index in [2.05, 4.69) is 0 Å². The normalized spacial score (nSPS) is 32.7. The number of β-amino-alcohol motifs (C(OH)–C–C–N with tert-alkyl or cyclic N) is 1. The number of piperidine rings is 1. The highest BCUT2D eigenvalue weighted by atomic mass is 16.4. The van der Waals surface area contributed by atoms with E-state index in [1.807, 2.05) is 0 Å². The number of hydrogen-bond acceptors (Lipinski definition) is 3. The van der Waals surface area contributed by atoms with Gasteiger partial charge in [-0.3, -0.25) is 4.79 Å². The number of urea groups is 1. The van der Waals surface area contributed by atoms with Gasteiger partial charge in [0.1, 0.15) is 0 Å². The predicted molar refractivity (Wildman–Crippen MR) is 64.1 cm³/mol. The Morgan fingerprint density at radius 2 is 2.00 bits per heavy atom. The molecule has 2 N–H and O–H groups in total. The first-order valence-corrected chi connectivity index (χ1v) is 6.38. The molecular formula is C12H20N2O4. The monoisotopic (exact) mass is 256 g/mol. The standard InChI is InChI=1S/C12H20N2O4/c1-12(18)4-6-14(8-12)11(17)13-5-2-3-9(7-13)10(15)16/h9,18H,2-8H2,1H3,(H,15,16)/t9-,12?/m0/s1. The third kappa shape index (κ3) is 2.75. The van der Waals surface area contributed by atoms with Gasteiger partial charge in [0.05, 0.1) is 18.1 Å². The second-order valence-corrected chi connectivity index (χ2v) is 5.57. The Balaban J connectivity index is 1.95. The molecule has 0 aromatic rings. The molecule has 0 aromatic heterocycles. The first-order chi connectivity index (χ1) is 8.39. The fourth-order valence-corrected chi connectivity index (χ4v) is 2.66. The number of carboxylic acid groups (broad SMARTS) is 1. The van der Waals surface area contributed by atoms with Gasteiger partial charge in [-0.15, -0.1) is 0 Å². The molecule has 18 heavy (non-hydrogen) atoms. The minimum atomic E-state index is -0.832. The zero-order valence-corrected chi connectivity index (χ0v) is 10.6. The lowest BCUT2D eigenvalue weighted by Gasteiger charge is -2.34. The third-order valence-corrected chi connectivity index (χ3v) is 3.76. The molecule has 6 nitrogen and oxygen atoms in total. The lowest BCUT2D eigenvalue weighted by Crippen LogP contribution is -2.48. The Hall–Kier alpha value is -1.30. The lowest BCUT2D eigenvalue weighted by molar-refractivity contribution is -0.143. The van der Waals surface area contributed by atoms with E-state index < -0.39 is 17.5 Å². The molecule has 2 rings (SSSR count). The van der Waals surface area contributed by atoms with Gasteiger partial charge >= 0.3 is 12.0 Å². The minimum Gasteiger partial charge on any atom is -0.481 e. The van der Waals surface area contributed by atoms with Crippen molar-refractivity contribution in [3.05, 3.63) is 0 Å². The van der Waals surface area contributed by atoms with Crippen molar-refractivity contribution < 1.29 is 19.8 Å². The molecule has 6 heteroatoms. The van der Waals surface area contributed by atoms with E-state index in [1.165, 1.54) is 0 Å². The number of amides is 2. The molecule has 0 aliphatic carbocycles. The molecule has 0 bridgehead atoms. The van der Waals surface area contributed by atoms with Crippen LogP contribution in [0, 0.1) is 5.92 Å². The summed E-state index contributed by atoms with van der Waals surface area (Å²) in [5.41, 5.74) is -0.808. The van der Waals surface area contributed by atoms with E-state index in [-0.39, 0.29) is 12.6 Å². The molecule has 0 spiro atoms. The maximum Gasteiger partial charge on any atom is 0.320 e. The van der Waals surface area contributed by atoms with Crippen molar-refractivity contribution in [2.24, 2.45) is 5.92 Å². The van der Waals surface area contributed by atoms with E-state index in [4.69, 9.17) is 5.11 Å². The SMILES string of the molecule is CC1(O)CCN(C(=O)N2CCC[C@H](C(=O)O)C2)C1. The molecular weight excluding hydrogens is 236 g/mol. The van der Waals surface area contributed by atoms with Crippen LogP contribution in [0.1, 0.15) is 26.2 Å². The van der Waals surface area contributed by atoms with Gasteiger partial charge in [-0.25, -0.2) is 4.79 Å². The van der Waals surface area contributed by atoms with Crippen molar-refractivity contribution in [1.82, 2.24) is 9.80 Å². The number of aliphatic hydroxyl groups is 1. The number of carbonyl (C=O) groups is 2. The van der Waals surface area contributed by atoms with E-state index in [0.29, 0.717) is 32.5 Å². The summed E-state index contributed by atoms with van der Waals surface area (Å²) in [6.45, 7) is 3.49. The molecule has 2 aliphatic rings. The highest BCUT2D eigenvalue weighted by molar-refractivity contribution is 5.77. The quantitative estimate of drug-likeness (QED) is 0.709. The van der Waals surface area contributed by atoms with Crippen molar-refractivity contribution in [3.8, 4) is 0 Å². The van der Waals surface area contributed by atoms with Crippen LogP contribution in [0.2, 0.25) is 0 Å². The van der Waals surface area contributed by atoms with Crippen LogP contribution in [-0.4, -0.2) is 63.8 Å². The summed E-state index contributed by atoms with van der Waals surface area (Å²) in [5.74, 6) is -1.29. The summed E-state index contributed by atoms with van der Waals surface area (Å²) >= 11 is 0. The van der Waals surface area contributed by atoms with Gasteiger partial charge in [0.15, 0.2) is 0 Å². The van der Waals surface area contributed by atoms with Crippen LogP contribution in [-0.2, 0) is 4.79 Å². The van der Waals surface area contributed by atoms with Gasteiger partial charge in [-0.05, 0) is 26.2 Å². The van der Waals surface area contributed by atoms with E-state index in [1.54, 1.807) is 16.7 Å². The molecule has 102 valence electrons. The van der Waals surface area contributed by atoms with Gasteiger partial charge in [0.2, 0.25) is 0 Å². The number of carboxylic acids is 1. The maximum absolute atomic E-state index is 12.2. The summed E-state index contributed by atoms with van der Waals surface area (Å²) in [5, 5.41) is 18.8. The average molecular weight is 256 g/mol. The molecule has 1 unspecified atom stereocenters. The van der Waals surface area contributed by atoms with Crippen LogP contribution in [0.3, 0.4) is 0 Å². The molecule has 2 amide bonds. The molecule has 2 fully saturated rings. The number of nitrogens with zero attached hydrogens (tertiary/aromatic N) is 2. The molecule has 0 saturated carbocycles. The lowest BCUT2D eigenvalue weighted by atomic mass is 9.99. The zero-order chi connectivity index (χ0) is 13.3. The first-order valence-electron chi connectivity index (χ1n) is 6.38. The fraction of sp³-hybridized carbons (Fsp3) is 0.833. The van der Waals surface area contributed by atoms with Crippen molar-refractivity contribution in [1.29, 1.82) is 0 Å². The van der Waals surface area contributed by atoms with E-state index in [9.17, 15) is 14.7 Å². The van der Waals surface area contributed by atoms with Crippen LogP contribution in [0.4, 0.5) is 4.79 Å². The van der Waals surface area contributed by atoms with Gasteiger partial charge in [-0.1, -0.05) is 0 Å². The van der Waals surface area contributed by atoms with Gasteiger partial charge in [-0.2, -0.15) is 0 Å². The van der Waals surface area contributed by atoms with Crippen LogP contribution in [0.15, 0.2) is 0 Å². The molecule has 2 atom stereocenters. The number of aliphatic carboxylic acids is 1. The van der Waals surface area contributed by atoms with E-state index in [0.717, 1.165) is 6.42 Å². The van der Waals surface area contributed by atoms with Crippen LogP contribution < -0.4 is 0 Å². The molecule has 0 aromatic carbocycles. The number of hydrogen-bond donors (Lipinski definition) is 2. The largest absolute Gasteiger partial charge is 0.481 e.